The molecule has 25 heavy (non-hydrogen) atoms. The van der Waals surface area contributed by atoms with Gasteiger partial charge in [-0.05, 0) is 36.4 Å². The fourth-order valence-electron chi connectivity index (χ4n) is 2.00. The molecule has 0 unspecified atom stereocenters. The second kappa shape index (κ2) is 7.95. The molecular weight excluding hydrogens is 355 g/mol. The molecule has 0 aliphatic carbocycles. The summed E-state index contributed by atoms with van der Waals surface area (Å²) >= 11 is 5.86. The summed E-state index contributed by atoms with van der Waals surface area (Å²) in [5, 5.41) is 2.92. The lowest BCUT2D eigenvalue weighted by molar-refractivity contribution is -0.137. The highest BCUT2D eigenvalue weighted by Crippen LogP contribution is 2.29. The van der Waals surface area contributed by atoms with Crippen molar-refractivity contribution in [3.63, 3.8) is 0 Å². The van der Waals surface area contributed by atoms with Crippen molar-refractivity contribution >= 4 is 17.5 Å². The maximum atomic E-state index is 12.6. The first kappa shape index (κ1) is 18.7. The van der Waals surface area contributed by atoms with Gasteiger partial charge in [0, 0.05) is 10.6 Å². The van der Waals surface area contributed by atoms with E-state index in [0.29, 0.717) is 10.8 Å². The second-order valence-corrected chi connectivity index (χ2v) is 5.34. The van der Waals surface area contributed by atoms with Crippen LogP contribution >= 0.6 is 11.6 Å². The molecule has 7 heteroatoms. The molecule has 0 fully saturated rings. The van der Waals surface area contributed by atoms with Crippen LogP contribution in [-0.4, -0.2) is 19.6 Å². The average Bonchev–Trinajstić information content (AvgIpc) is 2.58. The first-order chi connectivity index (χ1) is 11.8. The molecule has 0 spiro atoms. The molecule has 1 N–H and O–H groups in total. The van der Waals surface area contributed by atoms with E-state index in [4.69, 9.17) is 16.3 Å². The number of amides is 1. The SMILES string of the molecule is COc1ccc(Cl)cc1C(=O)NCC#Cc1cccc(C(F)(F)F)c1. The van der Waals surface area contributed by atoms with Crippen LogP contribution in [0.1, 0.15) is 21.5 Å². The van der Waals surface area contributed by atoms with E-state index in [-0.39, 0.29) is 17.7 Å². The molecule has 0 aliphatic heterocycles. The van der Waals surface area contributed by atoms with Crippen molar-refractivity contribution in [1.29, 1.82) is 0 Å². The summed E-state index contributed by atoms with van der Waals surface area (Å²) in [6, 6.07) is 9.27. The molecule has 0 saturated carbocycles. The molecule has 0 aromatic heterocycles. The molecule has 0 radical (unpaired) electrons. The first-order valence-electron chi connectivity index (χ1n) is 7.09. The zero-order valence-corrected chi connectivity index (χ0v) is 13.8. The van der Waals surface area contributed by atoms with Gasteiger partial charge >= 0.3 is 6.18 Å². The van der Waals surface area contributed by atoms with Crippen LogP contribution in [0.3, 0.4) is 0 Å². The largest absolute Gasteiger partial charge is 0.496 e. The van der Waals surface area contributed by atoms with E-state index in [1.54, 1.807) is 12.1 Å². The summed E-state index contributed by atoms with van der Waals surface area (Å²) < 4.78 is 43.0. The number of benzene rings is 2. The molecule has 0 bridgehead atoms. The average molecular weight is 368 g/mol. The number of methoxy groups -OCH3 is 1. The fourth-order valence-corrected chi connectivity index (χ4v) is 2.17. The Labute approximate surface area is 147 Å². The van der Waals surface area contributed by atoms with Gasteiger partial charge in [0.05, 0.1) is 24.8 Å². The summed E-state index contributed by atoms with van der Waals surface area (Å²) in [5.74, 6) is 5.10. The highest BCUT2D eigenvalue weighted by atomic mass is 35.5. The number of hydrogen-bond acceptors (Lipinski definition) is 2. The van der Waals surface area contributed by atoms with Crippen LogP contribution in [0, 0.1) is 11.8 Å². The summed E-state index contributed by atoms with van der Waals surface area (Å²) in [6.07, 6.45) is -4.42. The van der Waals surface area contributed by atoms with Crippen LogP contribution in [-0.2, 0) is 6.18 Å². The predicted molar refractivity (Wildman–Crippen MR) is 88.7 cm³/mol. The van der Waals surface area contributed by atoms with Gasteiger partial charge < -0.3 is 10.1 Å². The Morgan fingerprint density at radius 2 is 2.00 bits per heavy atom. The Balaban J connectivity index is 2.04. The number of hydrogen-bond donors (Lipinski definition) is 1. The van der Waals surface area contributed by atoms with Gasteiger partial charge in [-0.15, -0.1) is 0 Å². The van der Waals surface area contributed by atoms with E-state index in [1.165, 1.54) is 25.3 Å². The van der Waals surface area contributed by atoms with Crippen molar-refractivity contribution < 1.29 is 22.7 Å². The maximum absolute atomic E-state index is 12.6. The van der Waals surface area contributed by atoms with Crippen LogP contribution < -0.4 is 10.1 Å². The Kier molecular flexibility index (Phi) is 5.94. The number of halogens is 4. The topological polar surface area (TPSA) is 38.3 Å². The van der Waals surface area contributed by atoms with Gasteiger partial charge in [0.2, 0.25) is 0 Å². The van der Waals surface area contributed by atoms with Crippen LogP contribution in [0.5, 0.6) is 5.75 Å². The minimum absolute atomic E-state index is 0.0370. The van der Waals surface area contributed by atoms with E-state index in [0.717, 1.165) is 12.1 Å². The number of nitrogens with one attached hydrogen (secondary N) is 1. The summed E-state index contributed by atoms with van der Waals surface area (Å²) in [4.78, 5) is 12.1. The first-order valence-corrected chi connectivity index (χ1v) is 7.47. The Hall–Kier alpha value is -2.65. The molecule has 2 rings (SSSR count). The van der Waals surface area contributed by atoms with Crippen molar-refractivity contribution in [2.24, 2.45) is 0 Å². The van der Waals surface area contributed by atoms with E-state index in [2.05, 4.69) is 17.2 Å². The van der Waals surface area contributed by atoms with Crippen LogP contribution in [0.2, 0.25) is 5.02 Å². The molecule has 0 saturated heterocycles. The van der Waals surface area contributed by atoms with Gasteiger partial charge in [-0.1, -0.05) is 29.5 Å². The van der Waals surface area contributed by atoms with Gasteiger partial charge in [-0.2, -0.15) is 13.2 Å². The highest BCUT2D eigenvalue weighted by molar-refractivity contribution is 6.31. The monoisotopic (exact) mass is 367 g/mol. The zero-order chi connectivity index (χ0) is 18.4. The molecule has 2 aromatic carbocycles. The minimum Gasteiger partial charge on any atom is -0.496 e. The van der Waals surface area contributed by atoms with E-state index in [9.17, 15) is 18.0 Å². The Morgan fingerprint density at radius 3 is 2.68 bits per heavy atom. The third-order valence-corrected chi connectivity index (χ3v) is 3.40. The summed E-state index contributed by atoms with van der Waals surface area (Å²) in [6.45, 7) is -0.0370. The van der Waals surface area contributed by atoms with Gasteiger partial charge in [0.25, 0.3) is 5.91 Å². The van der Waals surface area contributed by atoms with Crippen molar-refractivity contribution in [3.8, 4) is 17.6 Å². The molecule has 0 atom stereocenters. The Bertz CT molecular complexity index is 838. The second-order valence-electron chi connectivity index (χ2n) is 4.91. The molecular formula is C18H13ClF3NO2. The van der Waals surface area contributed by atoms with E-state index < -0.39 is 17.6 Å². The number of carbonyl (C=O) groups excluding carboxylic acids is 1. The standard InChI is InChI=1S/C18H13ClF3NO2/c1-25-16-8-7-14(19)11-15(16)17(24)23-9-3-5-12-4-2-6-13(10-12)18(20,21)22/h2,4,6-8,10-11H,9H2,1H3,(H,23,24). The zero-order valence-electron chi connectivity index (χ0n) is 13.1. The lowest BCUT2D eigenvalue weighted by Crippen LogP contribution is -2.24. The van der Waals surface area contributed by atoms with E-state index in [1.807, 2.05) is 0 Å². The van der Waals surface area contributed by atoms with Crippen molar-refractivity contribution in [1.82, 2.24) is 5.32 Å². The third kappa shape index (κ3) is 5.16. The lowest BCUT2D eigenvalue weighted by Gasteiger charge is -2.08. The van der Waals surface area contributed by atoms with Gasteiger partial charge in [0.1, 0.15) is 5.75 Å². The molecule has 2 aromatic rings. The van der Waals surface area contributed by atoms with Crippen LogP contribution in [0.4, 0.5) is 13.2 Å². The summed E-state index contributed by atoms with van der Waals surface area (Å²) in [5.41, 5.74) is -0.313. The number of ether oxygens (including phenoxy) is 1. The third-order valence-electron chi connectivity index (χ3n) is 3.17. The maximum Gasteiger partial charge on any atom is 0.416 e. The van der Waals surface area contributed by atoms with E-state index >= 15 is 0 Å². The molecule has 130 valence electrons. The quantitative estimate of drug-likeness (QED) is 0.828. The lowest BCUT2D eigenvalue weighted by atomic mass is 10.1. The van der Waals surface area contributed by atoms with Crippen molar-refractivity contribution in [2.45, 2.75) is 6.18 Å². The molecule has 0 aliphatic rings. The van der Waals surface area contributed by atoms with Gasteiger partial charge in [-0.3, -0.25) is 4.79 Å². The molecule has 1 amide bonds. The van der Waals surface area contributed by atoms with Crippen molar-refractivity contribution in [2.75, 3.05) is 13.7 Å². The van der Waals surface area contributed by atoms with Gasteiger partial charge in [-0.25, -0.2) is 0 Å². The number of rotatable bonds is 3. The summed E-state index contributed by atoms with van der Waals surface area (Å²) in [7, 11) is 1.42. The smallest absolute Gasteiger partial charge is 0.416 e. The number of carbonyl (C=O) groups is 1. The van der Waals surface area contributed by atoms with Crippen LogP contribution in [0.15, 0.2) is 42.5 Å². The number of alkyl halides is 3. The minimum atomic E-state index is -4.42. The van der Waals surface area contributed by atoms with Gasteiger partial charge in [0.15, 0.2) is 0 Å². The highest BCUT2D eigenvalue weighted by Gasteiger charge is 2.30. The fraction of sp³-hybridized carbons (Fsp3) is 0.167. The Morgan fingerprint density at radius 1 is 1.24 bits per heavy atom. The predicted octanol–water partition coefficient (Wildman–Crippen LogP) is 4.15. The normalized spacial score (nSPS) is 10.6. The van der Waals surface area contributed by atoms with Crippen LogP contribution in [0.25, 0.3) is 0 Å². The van der Waals surface area contributed by atoms with Crippen molar-refractivity contribution in [3.05, 3.63) is 64.2 Å². The molecule has 0 heterocycles. The molecule has 3 nitrogen and oxygen atoms in total.